The highest BCUT2D eigenvalue weighted by Gasteiger charge is 2.34. The van der Waals surface area contributed by atoms with Gasteiger partial charge in [-0.1, -0.05) is 11.6 Å². The molecule has 1 aliphatic carbocycles. The monoisotopic (exact) mass is 529 g/mol. The summed E-state index contributed by atoms with van der Waals surface area (Å²) in [4.78, 5) is 16.1. The lowest BCUT2D eigenvalue weighted by Crippen LogP contribution is -2.22. The minimum absolute atomic E-state index is 0.0205. The summed E-state index contributed by atoms with van der Waals surface area (Å²) in [6.45, 7) is 0.660. The number of carbonyl (C=O) groups is 1. The van der Waals surface area contributed by atoms with Crippen molar-refractivity contribution in [3.05, 3.63) is 56.6 Å². The number of nitrogens with zero attached hydrogens (tertiary/aromatic N) is 3. The lowest BCUT2D eigenvalue weighted by molar-refractivity contribution is -0.137. The van der Waals surface area contributed by atoms with Crippen LogP contribution in [-0.2, 0) is 6.18 Å². The van der Waals surface area contributed by atoms with Crippen molar-refractivity contribution in [2.45, 2.75) is 37.8 Å². The van der Waals surface area contributed by atoms with E-state index in [1.807, 2.05) is 18.3 Å². The van der Waals surface area contributed by atoms with Crippen molar-refractivity contribution in [3.8, 4) is 0 Å². The van der Waals surface area contributed by atoms with E-state index in [4.69, 9.17) is 17.3 Å². The van der Waals surface area contributed by atoms with E-state index in [0.717, 1.165) is 35.1 Å². The lowest BCUT2D eigenvalue weighted by Gasteiger charge is -2.30. The highest BCUT2D eigenvalue weighted by Crippen LogP contribution is 2.42. The number of nitrogens with two attached hydrogens (primary N) is 1. The summed E-state index contributed by atoms with van der Waals surface area (Å²) in [7, 11) is 0. The van der Waals surface area contributed by atoms with E-state index >= 15 is 0 Å². The highest BCUT2D eigenvalue weighted by molar-refractivity contribution is 9.10. The largest absolute Gasteiger partial charge is 0.416 e. The van der Waals surface area contributed by atoms with Gasteiger partial charge < -0.3 is 11.1 Å². The van der Waals surface area contributed by atoms with Gasteiger partial charge in [-0.25, -0.2) is 4.52 Å². The summed E-state index contributed by atoms with van der Waals surface area (Å²) in [6, 6.07) is 5.52. The SMILES string of the molecule is NC(=O)c1cc(C(F)(F)F)cc(C2CCC(CNc3nc4ccc(Br)cn4n3)CC2)c1Cl. The number of anilines is 1. The summed E-state index contributed by atoms with van der Waals surface area (Å²) in [6.07, 6.45) is 0.164. The molecule has 1 amide bonds. The molecule has 1 saturated carbocycles. The Kier molecular flexibility index (Phi) is 6.35. The number of carbonyl (C=O) groups excluding carboxylic acids is 1. The summed E-state index contributed by atoms with van der Waals surface area (Å²) >= 11 is 9.68. The molecule has 0 saturated heterocycles. The second-order valence-electron chi connectivity index (χ2n) is 7.97. The number of aromatic nitrogens is 3. The molecule has 11 heteroatoms. The number of pyridine rings is 1. The van der Waals surface area contributed by atoms with Crippen LogP contribution in [0, 0.1) is 5.92 Å². The average molecular weight is 531 g/mol. The molecule has 3 N–H and O–H groups in total. The van der Waals surface area contributed by atoms with E-state index in [1.165, 1.54) is 0 Å². The van der Waals surface area contributed by atoms with Crippen LogP contribution in [0.15, 0.2) is 34.9 Å². The third kappa shape index (κ3) is 4.85. The molecule has 32 heavy (non-hydrogen) atoms. The first-order valence-corrected chi connectivity index (χ1v) is 11.2. The molecule has 0 unspecified atom stereocenters. The molecule has 0 atom stereocenters. The van der Waals surface area contributed by atoms with Gasteiger partial charge in [-0.15, -0.1) is 5.10 Å². The van der Waals surface area contributed by atoms with Gasteiger partial charge in [-0.2, -0.15) is 18.2 Å². The molecule has 2 heterocycles. The number of amides is 1. The molecular weight excluding hydrogens is 511 g/mol. The Labute approximate surface area is 195 Å². The van der Waals surface area contributed by atoms with E-state index in [1.54, 1.807) is 4.52 Å². The summed E-state index contributed by atoms with van der Waals surface area (Å²) < 4.78 is 42.5. The number of hydrogen-bond acceptors (Lipinski definition) is 4. The van der Waals surface area contributed by atoms with Gasteiger partial charge in [0, 0.05) is 17.2 Å². The lowest BCUT2D eigenvalue weighted by atomic mass is 9.78. The van der Waals surface area contributed by atoms with Crippen LogP contribution >= 0.6 is 27.5 Å². The fourth-order valence-corrected chi connectivity index (χ4v) is 4.82. The molecular formula is C21H20BrClF3N5O. The Hall–Kier alpha value is -2.33. The first-order chi connectivity index (χ1) is 15.1. The molecule has 0 spiro atoms. The van der Waals surface area contributed by atoms with E-state index in [-0.39, 0.29) is 16.5 Å². The number of rotatable bonds is 5. The second-order valence-corrected chi connectivity index (χ2v) is 9.27. The number of halogens is 5. The molecule has 4 rings (SSSR count). The smallest absolute Gasteiger partial charge is 0.366 e. The van der Waals surface area contributed by atoms with Crippen molar-refractivity contribution < 1.29 is 18.0 Å². The van der Waals surface area contributed by atoms with Crippen LogP contribution in [0.2, 0.25) is 5.02 Å². The van der Waals surface area contributed by atoms with Crippen LogP contribution in [0.5, 0.6) is 0 Å². The van der Waals surface area contributed by atoms with Crippen molar-refractivity contribution >= 4 is 45.0 Å². The zero-order chi connectivity index (χ0) is 23.0. The molecule has 1 aliphatic rings. The van der Waals surface area contributed by atoms with E-state index in [2.05, 4.69) is 31.3 Å². The molecule has 0 bridgehead atoms. The van der Waals surface area contributed by atoms with Crippen LogP contribution in [0.1, 0.15) is 53.1 Å². The normalized spacial score (nSPS) is 19.3. The quantitative estimate of drug-likeness (QED) is 0.446. The van der Waals surface area contributed by atoms with Crippen LogP contribution < -0.4 is 11.1 Å². The number of primary amides is 1. The minimum atomic E-state index is -4.58. The van der Waals surface area contributed by atoms with Gasteiger partial charge in [-0.05, 0) is 83.3 Å². The molecule has 0 radical (unpaired) electrons. The molecule has 1 aromatic carbocycles. The third-order valence-electron chi connectivity index (χ3n) is 5.82. The van der Waals surface area contributed by atoms with Crippen LogP contribution in [0.3, 0.4) is 0 Å². The highest BCUT2D eigenvalue weighted by atomic mass is 79.9. The fourth-order valence-electron chi connectivity index (χ4n) is 4.13. The maximum absolute atomic E-state index is 13.3. The molecule has 1 fully saturated rings. The number of fused-ring (bicyclic) bond motifs is 1. The fraction of sp³-hybridized carbons (Fsp3) is 0.381. The summed E-state index contributed by atoms with van der Waals surface area (Å²) in [5, 5.41) is 7.66. The zero-order valence-electron chi connectivity index (χ0n) is 16.8. The summed E-state index contributed by atoms with van der Waals surface area (Å²) in [5.74, 6) is -0.279. The van der Waals surface area contributed by atoms with Crippen LogP contribution in [-0.4, -0.2) is 27.0 Å². The number of alkyl halides is 3. The van der Waals surface area contributed by atoms with Gasteiger partial charge in [0.1, 0.15) is 0 Å². The van der Waals surface area contributed by atoms with Crippen molar-refractivity contribution in [3.63, 3.8) is 0 Å². The molecule has 170 valence electrons. The van der Waals surface area contributed by atoms with Gasteiger partial charge >= 0.3 is 6.18 Å². The van der Waals surface area contributed by atoms with Crippen molar-refractivity contribution in [1.82, 2.24) is 14.6 Å². The Morgan fingerprint density at radius 3 is 2.62 bits per heavy atom. The van der Waals surface area contributed by atoms with E-state index < -0.39 is 17.6 Å². The van der Waals surface area contributed by atoms with Crippen molar-refractivity contribution in [1.29, 1.82) is 0 Å². The predicted molar refractivity (Wildman–Crippen MR) is 119 cm³/mol. The average Bonchev–Trinajstić information content (AvgIpc) is 3.14. The predicted octanol–water partition coefficient (Wildman–Crippen LogP) is 5.65. The maximum Gasteiger partial charge on any atom is 0.416 e. The Bertz CT molecular complexity index is 1160. The van der Waals surface area contributed by atoms with Gasteiger partial charge in [-0.3, -0.25) is 4.79 Å². The van der Waals surface area contributed by atoms with Crippen molar-refractivity contribution in [2.75, 3.05) is 11.9 Å². The first-order valence-electron chi connectivity index (χ1n) is 10.1. The van der Waals surface area contributed by atoms with Crippen LogP contribution in [0.25, 0.3) is 5.65 Å². The van der Waals surface area contributed by atoms with E-state index in [0.29, 0.717) is 36.8 Å². The Morgan fingerprint density at radius 1 is 1.25 bits per heavy atom. The second kappa shape index (κ2) is 8.90. The van der Waals surface area contributed by atoms with Gasteiger partial charge in [0.25, 0.3) is 0 Å². The van der Waals surface area contributed by atoms with E-state index in [9.17, 15) is 18.0 Å². The number of benzene rings is 1. The minimum Gasteiger partial charge on any atom is -0.366 e. The van der Waals surface area contributed by atoms with Crippen LogP contribution in [0.4, 0.5) is 19.1 Å². The van der Waals surface area contributed by atoms with Crippen molar-refractivity contribution in [2.24, 2.45) is 11.7 Å². The van der Waals surface area contributed by atoms with Gasteiger partial charge in [0.05, 0.1) is 16.1 Å². The number of hydrogen-bond donors (Lipinski definition) is 2. The first kappa shape index (κ1) is 22.8. The maximum atomic E-state index is 13.3. The topological polar surface area (TPSA) is 85.3 Å². The zero-order valence-corrected chi connectivity index (χ0v) is 19.1. The Morgan fingerprint density at radius 2 is 1.97 bits per heavy atom. The molecule has 3 aromatic rings. The standard InChI is InChI=1S/C21H20BrClF3N5O/c22-14-5-6-17-29-20(30-31(17)10-14)28-9-11-1-3-12(4-2-11)15-7-13(21(24,25)26)8-16(18(15)23)19(27)32/h5-8,10-12H,1-4,9H2,(H2,27,32)(H,28,30). The molecule has 2 aromatic heterocycles. The third-order valence-corrected chi connectivity index (χ3v) is 6.71. The number of nitrogens with one attached hydrogen (secondary N) is 1. The van der Waals surface area contributed by atoms with Gasteiger partial charge in [0.15, 0.2) is 5.65 Å². The van der Waals surface area contributed by atoms with Gasteiger partial charge in [0.2, 0.25) is 11.9 Å². The molecule has 0 aliphatic heterocycles. The Balaban J connectivity index is 1.43. The summed E-state index contributed by atoms with van der Waals surface area (Å²) in [5.41, 5.74) is 5.14. The molecule has 6 nitrogen and oxygen atoms in total.